The van der Waals surface area contributed by atoms with E-state index in [1.165, 1.54) is 6.20 Å². The molecule has 0 spiro atoms. The minimum atomic E-state index is -0.807. The number of nitrogen functional groups attached to an aromatic ring is 1. The van der Waals surface area contributed by atoms with E-state index in [0.29, 0.717) is 22.9 Å². The fourth-order valence-corrected chi connectivity index (χ4v) is 3.20. The number of primary amides is 1. The number of amides is 3. The summed E-state index contributed by atoms with van der Waals surface area (Å²) in [7, 11) is 0. The van der Waals surface area contributed by atoms with Crippen molar-refractivity contribution in [3.8, 4) is 11.8 Å². The number of carbonyl (C=O) groups is 3. The fraction of sp³-hybridized carbons (Fsp3) is 0.545. The van der Waals surface area contributed by atoms with Gasteiger partial charge in [0, 0.05) is 6.20 Å². The highest BCUT2D eigenvalue weighted by Gasteiger charge is 2.47. The van der Waals surface area contributed by atoms with Gasteiger partial charge in [-0.05, 0) is 70.3 Å². The summed E-state index contributed by atoms with van der Waals surface area (Å²) >= 11 is 3.30. The lowest BCUT2D eigenvalue weighted by atomic mass is 10.1. The van der Waals surface area contributed by atoms with Crippen molar-refractivity contribution in [2.24, 2.45) is 11.1 Å². The van der Waals surface area contributed by atoms with E-state index in [1.807, 2.05) is 0 Å². The molecule has 3 amide bonds. The van der Waals surface area contributed by atoms with Crippen LogP contribution in [0.15, 0.2) is 10.7 Å². The molecular formula is C22H29BrN4O5. The van der Waals surface area contributed by atoms with Gasteiger partial charge in [0.15, 0.2) is 0 Å². The largest absolute Gasteiger partial charge is 0.443 e. The summed E-state index contributed by atoms with van der Waals surface area (Å²) in [6, 6.07) is 0. The van der Waals surface area contributed by atoms with Crippen molar-refractivity contribution in [3.63, 3.8) is 0 Å². The monoisotopic (exact) mass is 508 g/mol. The Kier molecular flexibility index (Phi) is 7.15. The molecule has 0 saturated heterocycles. The maximum Gasteiger partial charge on any atom is 0.419 e. The van der Waals surface area contributed by atoms with Gasteiger partial charge in [0.25, 0.3) is 5.91 Å². The molecule has 2 rings (SSSR count). The summed E-state index contributed by atoms with van der Waals surface area (Å²) in [6.07, 6.45) is 0.966. The first-order valence-corrected chi connectivity index (χ1v) is 10.8. The highest BCUT2D eigenvalue weighted by molar-refractivity contribution is 9.10. The van der Waals surface area contributed by atoms with Crippen LogP contribution >= 0.6 is 15.9 Å². The minimum absolute atomic E-state index is 0.00963. The number of ether oxygens (including phenoxy) is 2. The summed E-state index contributed by atoms with van der Waals surface area (Å²) in [5.41, 5.74) is 9.51. The van der Waals surface area contributed by atoms with E-state index in [2.05, 4.69) is 32.8 Å². The molecule has 1 saturated carbocycles. The Morgan fingerprint density at radius 2 is 1.62 bits per heavy atom. The van der Waals surface area contributed by atoms with Crippen LogP contribution in [-0.2, 0) is 9.47 Å². The minimum Gasteiger partial charge on any atom is -0.443 e. The van der Waals surface area contributed by atoms with Gasteiger partial charge in [-0.2, -0.15) is 0 Å². The average Bonchev–Trinajstić information content (AvgIpc) is 3.36. The van der Waals surface area contributed by atoms with Crippen LogP contribution in [0.2, 0.25) is 0 Å². The second-order valence-electron chi connectivity index (χ2n) is 9.69. The molecule has 1 aromatic heterocycles. The van der Waals surface area contributed by atoms with Crippen LogP contribution in [0.5, 0.6) is 0 Å². The molecule has 1 aliphatic rings. The number of nitrogens with two attached hydrogens (primary N) is 2. The molecule has 0 unspecified atom stereocenters. The Hall–Kier alpha value is -2.80. The first-order valence-electron chi connectivity index (χ1n) is 10.0. The van der Waals surface area contributed by atoms with Crippen LogP contribution in [0.1, 0.15) is 70.3 Å². The third-order valence-corrected chi connectivity index (χ3v) is 5.13. The molecule has 1 heterocycles. The van der Waals surface area contributed by atoms with Crippen LogP contribution < -0.4 is 11.5 Å². The van der Waals surface area contributed by atoms with Gasteiger partial charge in [-0.3, -0.25) is 4.79 Å². The zero-order valence-electron chi connectivity index (χ0n) is 19.2. The van der Waals surface area contributed by atoms with Gasteiger partial charge < -0.3 is 20.9 Å². The quantitative estimate of drug-likeness (QED) is 0.591. The predicted octanol–water partition coefficient (Wildman–Crippen LogP) is 3.83. The van der Waals surface area contributed by atoms with Crippen molar-refractivity contribution in [1.82, 2.24) is 9.88 Å². The van der Waals surface area contributed by atoms with Crippen molar-refractivity contribution in [2.75, 3.05) is 12.3 Å². The number of hydrogen-bond acceptors (Lipinski definition) is 7. The predicted molar refractivity (Wildman–Crippen MR) is 123 cm³/mol. The number of carbonyl (C=O) groups excluding carboxylic acids is 3. The summed E-state index contributed by atoms with van der Waals surface area (Å²) in [5.74, 6) is 5.48. The van der Waals surface area contributed by atoms with Gasteiger partial charge in [-0.25, -0.2) is 19.5 Å². The standard InChI is InChI=1S/C22H29BrN4O5/c1-20(2,3)31-18(29)27(19(30)32-21(4,5)6)12-22(9-10-22)8-7-13-15(23)14(17(25)28)11-26-16(13)24/h11H,9-10,12H2,1-6H3,(H2,24,26)(H2,25,28). The van der Waals surface area contributed by atoms with Gasteiger partial charge in [0.05, 0.1) is 27.6 Å². The van der Waals surface area contributed by atoms with Gasteiger partial charge in [0.1, 0.15) is 17.0 Å². The second kappa shape index (κ2) is 8.98. The topological polar surface area (TPSA) is 138 Å². The molecule has 32 heavy (non-hydrogen) atoms. The molecule has 0 atom stereocenters. The number of nitrogens with zero attached hydrogens (tertiary/aromatic N) is 2. The lowest BCUT2D eigenvalue weighted by molar-refractivity contribution is -0.000866. The third-order valence-electron chi connectivity index (χ3n) is 4.31. The second-order valence-corrected chi connectivity index (χ2v) is 10.5. The van der Waals surface area contributed by atoms with Crippen molar-refractivity contribution in [2.45, 2.75) is 65.6 Å². The molecule has 0 aromatic carbocycles. The number of rotatable bonds is 3. The first kappa shape index (κ1) is 25.5. The summed E-state index contributed by atoms with van der Waals surface area (Å²) in [4.78, 5) is 42.0. The number of imide groups is 1. The number of halogens is 1. The van der Waals surface area contributed by atoms with Crippen molar-refractivity contribution < 1.29 is 23.9 Å². The van der Waals surface area contributed by atoms with E-state index < -0.39 is 34.7 Å². The smallest absolute Gasteiger partial charge is 0.419 e. The van der Waals surface area contributed by atoms with Crippen molar-refractivity contribution >= 4 is 39.8 Å². The van der Waals surface area contributed by atoms with Crippen LogP contribution in [0.25, 0.3) is 0 Å². The normalized spacial score (nSPS) is 14.6. The molecule has 0 bridgehead atoms. The molecule has 4 N–H and O–H groups in total. The van der Waals surface area contributed by atoms with E-state index in [1.54, 1.807) is 41.5 Å². The lowest BCUT2D eigenvalue weighted by Crippen LogP contribution is -2.46. The maximum atomic E-state index is 12.8. The highest BCUT2D eigenvalue weighted by Crippen LogP contribution is 2.46. The first-order chi connectivity index (χ1) is 14.5. The van der Waals surface area contributed by atoms with Crippen molar-refractivity contribution in [1.29, 1.82) is 0 Å². The van der Waals surface area contributed by atoms with E-state index in [-0.39, 0.29) is 17.9 Å². The summed E-state index contributed by atoms with van der Waals surface area (Å²) in [6.45, 7) is 10.3. The highest BCUT2D eigenvalue weighted by atomic mass is 79.9. The molecule has 0 radical (unpaired) electrons. The fourth-order valence-electron chi connectivity index (χ4n) is 2.60. The lowest BCUT2D eigenvalue weighted by Gasteiger charge is -2.29. The van der Waals surface area contributed by atoms with Gasteiger partial charge in [-0.1, -0.05) is 11.8 Å². The van der Waals surface area contributed by atoms with Gasteiger partial charge in [0.2, 0.25) is 0 Å². The van der Waals surface area contributed by atoms with E-state index in [0.717, 1.165) is 4.90 Å². The van der Waals surface area contributed by atoms with Crippen LogP contribution in [0.4, 0.5) is 15.4 Å². The SMILES string of the molecule is CC(C)(C)OC(=O)N(CC1(C#Cc2c(N)ncc(C(N)=O)c2Br)CC1)C(=O)OC(C)(C)C. The van der Waals surface area contributed by atoms with Crippen LogP contribution in [-0.4, -0.2) is 45.7 Å². The molecule has 1 aromatic rings. The van der Waals surface area contributed by atoms with E-state index in [9.17, 15) is 14.4 Å². The number of hydrogen-bond donors (Lipinski definition) is 2. The van der Waals surface area contributed by atoms with Crippen LogP contribution in [0, 0.1) is 17.3 Å². The Bertz CT molecular complexity index is 967. The molecule has 1 aliphatic carbocycles. The van der Waals surface area contributed by atoms with Crippen molar-refractivity contribution in [3.05, 3.63) is 21.8 Å². The Morgan fingerprint density at radius 1 is 1.12 bits per heavy atom. The molecule has 1 fully saturated rings. The van der Waals surface area contributed by atoms with E-state index >= 15 is 0 Å². The molecule has 174 valence electrons. The Labute approximate surface area is 196 Å². The number of aromatic nitrogens is 1. The molecular weight excluding hydrogens is 480 g/mol. The summed E-state index contributed by atoms with van der Waals surface area (Å²) < 4.78 is 11.1. The number of pyridine rings is 1. The molecule has 9 nitrogen and oxygen atoms in total. The van der Waals surface area contributed by atoms with Crippen LogP contribution in [0.3, 0.4) is 0 Å². The van der Waals surface area contributed by atoms with Gasteiger partial charge in [-0.15, -0.1) is 0 Å². The number of anilines is 1. The Morgan fingerprint density at radius 3 is 2.03 bits per heavy atom. The maximum absolute atomic E-state index is 12.8. The van der Waals surface area contributed by atoms with E-state index in [4.69, 9.17) is 20.9 Å². The molecule has 10 heteroatoms. The zero-order chi connectivity index (χ0) is 24.5. The zero-order valence-corrected chi connectivity index (χ0v) is 20.8. The van der Waals surface area contributed by atoms with Gasteiger partial charge >= 0.3 is 12.2 Å². The average molecular weight is 509 g/mol. The molecule has 0 aliphatic heterocycles. The Balaban J connectivity index is 2.35. The summed E-state index contributed by atoms with van der Waals surface area (Å²) in [5, 5.41) is 0. The third kappa shape index (κ3) is 6.85.